The minimum absolute atomic E-state index is 0.206. The quantitative estimate of drug-likeness (QED) is 0.510. The van der Waals surface area contributed by atoms with Crippen LogP contribution in [0.15, 0.2) is 48.7 Å². The lowest BCUT2D eigenvalue weighted by atomic mass is 10.1. The van der Waals surface area contributed by atoms with Crippen LogP contribution < -0.4 is 4.31 Å². The highest BCUT2D eigenvalue weighted by molar-refractivity contribution is 7.92. The van der Waals surface area contributed by atoms with E-state index >= 15 is 0 Å². The zero-order valence-electron chi connectivity index (χ0n) is 17.6. The normalized spacial score (nSPS) is 12.5. The highest BCUT2D eigenvalue weighted by Crippen LogP contribution is 2.29. The molecule has 0 aliphatic carbocycles. The number of carbonyl (C=O) groups excluding carboxylic acids is 2. The number of esters is 1. The van der Waals surface area contributed by atoms with E-state index in [1.54, 1.807) is 50.2 Å². The van der Waals surface area contributed by atoms with Gasteiger partial charge in [-0.3, -0.25) is 13.7 Å². The summed E-state index contributed by atoms with van der Waals surface area (Å²) in [5, 5.41) is 0.940. The molecule has 31 heavy (non-hydrogen) atoms. The number of rotatable bonds is 6. The molecule has 0 spiro atoms. The second kappa shape index (κ2) is 8.72. The van der Waals surface area contributed by atoms with E-state index in [1.807, 2.05) is 0 Å². The van der Waals surface area contributed by atoms with Crippen LogP contribution in [-0.2, 0) is 14.8 Å². The van der Waals surface area contributed by atoms with E-state index < -0.39 is 27.9 Å². The van der Waals surface area contributed by atoms with E-state index in [0.29, 0.717) is 21.6 Å². The van der Waals surface area contributed by atoms with Gasteiger partial charge in [0.25, 0.3) is 5.91 Å². The highest BCUT2D eigenvalue weighted by atomic mass is 35.5. The molecule has 1 aromatic heterocycles. The third-order valence-corrected chi connectivity index (χ3v) is 6.66. The van der Waals surface area contributed by atoms with E-state index in [4.69, 9.17) is 16.3 Å². The zero-order chi connectivity index (χ0) is 22.9. The summed E-state index contributed by atoms with van der Waals surface area (Å²) in [4.78, 5) is 25.8. The van der Waals surface area contributed by atoms with Crippen LogP contribution in [0.3, 0.4) is 0 Å². The average molecular weight is 463 g/mol. The molecule has 0 N–H and O–H groups in total. The Kier molecular flexibility index (Phi) is 6.43. The summed E-state index contributed by atoms with van der Waals surface area (Å²) in [6.45, 7) is 3.53. The first-order valence-electron chi connectivity index (χ1n) is 9.58. The molecular weight excluding hydrogens is 440 g/mol. The number of nitrogens with zero attached hydrogens (tertiary/aromatic N) is 2. The number of fused-ring (bicyclic) bond motifs is 1. The fourth-order valence-electron chi connectivity index (χ4n) is 3.56. The Hall–Kier alpha value is -2.84. The molecule has 0 unspecified atom stereocenters. The molecule has 0 saturated heterocycles. The molecule has 0 bridgehead atoms. The van der Waals surface area contributed by atoms with Gasteiger partial charge in [-0.05, 0) is 37.1 Å². The summed E-state index contributed by atoms with van der Waals surface area (Å²) in [6, 6.07) is 10.7. The molecule has 0 aliphatic rings. The first-order valence-corrected chi connectivity index (χ1v) is 11.8. The second-order valence-corrected chi connectivity index (χ2v) is 9.44. The largest absolute Gasteiger partial charge is 0.465 e. The van der Waals surface area contributed by atoms with Crippen molar-refractivity contribution < 1.29 is 22.7 Å². The van der Waals surface area contributed by atoms with Crippen molar-refractivity contribution in [3.63, 3.8) is 0 Å². The van der Waals surface area contributed by atoms with Crippen molar-refractivity contribution >= 4 is 50.1 Å². The van der Waals surface area contributed by atoms with Crippen LogP contribution >= 0.6 is 11.6 Å². The van der Waals surface area contributed by atoms with Crippen LogP contribution in [0.25, 0.3) is 10.9 Å². The number of para-hydroxylation sites is 1. The molecule has 0 saturated carbocycles. The Morgan fingerprint density at radius 3 is 2.45 bits per heavy atom. The predicted octanol–water partition coefficient (Wildman–Crippen LogP) is 4.27. The van der Waals surface area contributed by atoms with E-state index in [9.17, 15) is 18.0 Å². The van der Waals surface area contributed by atoms with Gasteiger partial charge in [0, 0.05) is 16.6 Å². The monoisotopic (exact) mass is 462 g/mol. The number of sulfonamides is 1. The van der Waals surface area contributed by atoms with Crippen molar-refractivity contribution in [3.05, 3.63) is 64.8 Å². The molecule has 7 nitrogen and oxygen atoms in total. The molecule has 2 aromatic carbocycles. The third kappa shape index (κ3) is 4.31. The van der Waals surface area contributed by atoms with Crippen LogP contribution in [0.2, 0.25) is 5.02 Å². The van der Waals surface area contributed by atoms with Crippen LogP contribution in [0, 0.1) is 6.92 Å². The summed E-state index contributed by atoms with van der Waals surface area (Å²) >= 11 is 6.22. The van der Waals surface area contributed by atoms with E-state index in [0.717, 1.165) is 16.1 Å². The Balaban J connectivity index is 2.18. The smallest absolute Gasteiger partial charge is 0.340 e. The second-order valence-electron chi connectivity index (χ2n) is 7.18. The van der Waals surface area contributed by atoms with Gasteiger partial charge in [0.05, 0.1) is 30.1 Å². The van der Waals surface area contributed by atoms with Crippen LogP contribution in [0.5, 0.6) is 0 Å². The Morgan fingerprint density at radius 2 is 1.87 bits per heavy atom. The maximum Gasteiger partial charge on any atom is 0.340 e. The standard InChI is InChI=1S/C22H23ClN2O5S/c1-5-19(25(31(4,28)29)15-11-10-14(2)18(23)12-15)21(26)24-13-17(22(27)30-3)16-8-6-7-9-20(16)24/h6-13,19H,5H2,1-4H3/t19-/m0/s1. The number of aryl methyl sites for hydroxylation is 1. The fraction of sp³-hybridized carbons (Fsp3) is 0.273. The summed E-state index contributed by atoms with van der Waals surface area (Å²) < 4.78 is 32.7. The van der Waals surface area contributed by atoms with Gasteiger partial charge in [0.15, 0.2) is 0 Å². The summed E-state index contributed by atoms with van der Waals surface area (Å²) in [5.41, 5.74) is 1.80. The van der Waals surface area contributed by atoms with Gasteiger partial charge in [-0.1, -0.05) is 42.8 Å². The lowest BCUT2D eigenvalue weighted by molar-refractivity contribution is 0.0603. The SMILES string of the molecule is CC[C@@H](C(=O)n1cc(C(=O)OC)c2ccccc21)N(c1ccc(C)c(Cl)c1)S(C)(=O)=O. The first kappa shape index (κ1) is 22.8. The number of aromatic nitrogens is 1. The number of hydrogen-bond acceptors (Lipinski definition) is 5. The summed E-state index contributed by atoms with van der Waals surface area (Å²) in [5.74, 6) is -1.07. The minimum Gasteiger partial charge on any atom is -0.465 e. The molecular formula is C22H23ClN2O5S. The van der Waals surface area contributed by atoms with Crippen LogP contribution in [0.1, 0.15) is 34.1 Å². The number of hydrogen-bond donors (Lipinski definition) is 0. The molecule has 3 rings (SSSR count). The lowest BCUT2D eigenvalue weighted by Crippen LogP contribution is -2.46. The number of halogens is 1. The molecule has 0 aliphatic heterocycles. The molecule has 1 heterocycles. The highest BCUT2D eigenvalue weighted by Gasteiger charge is 2.34. The molecule has 0 radical (unpaired) electrons. The molecule has 0 fully saturated rings. The number of methoxy groups -OCH3 is 1. The van der Waals surface area contributed by atoms with Crippen molar-refractivity contribution in [2.24, 2.45) is 0 Å². The molecule has 0 amide bonds. The van der Waals surface area contributed by atoms with Gasteiger partial charge in [-0.2, -0.15) is 0 Å². The topological polar surface area (TPSA) is 85.7 Å². The van der Waals surface area contributed by atoms with Crippen molar-refractivity contribution in [1.82, 2.24) is 4.57 Å². The van der Waals surface area contributed by atoms with Crippen molar-refractivity contribution in [2.75, 3.05) is 17.7 Å². The number of ether oxygens (including phenoxy) is 1. The predicted molar refractivity (Wildman–Crippen MR) is 121 cm³/mol. The molecule has 9 heteroatoms. The van der Waals surface area contributed by atoms with E-state index in [1.165, 1.54) is 23.9 Å². The Labute approximate surface area is 186 Å². The van der Waals surface area contributed by atoms with Gasteiger partial charge in [-0.15, -0.1) is 0 Å². The maximum absolute atomic E-state index is 13.6. The van der Waals surface area contributed by atoms with Gasteiger partial charge >= 0.3 is 5.97 Å². The molecule has 3 aromatic rings. The van der Waals surface area contributed by atoms with Gasteiger partial charge in [0.2, 0.25) is 10.0 Å². The van der Waals surface area contributed by atoms with Crippen LogP contribution in [0.4, 0.5) is 5.69 Å². The average Bonchev–Trinajstić information content (AvgIpc) is 3.12. The van der Waals surface area contributed by atoms with E-state index in [2.05, 4.69) is 0 Å². The molecule has 164 valence electrons. The maximum atomic E-state index is 13.6. The third-order valence-electron chi connectivity index (χ3n) is 5.08. The van der Waals surface area contributed by atoms with Crippen molar-refractivity contribution in [2.45, 2.75) is 26.3 Å². The summed E-state index contributed by atoms with van der Waals surface area (Å²) in [7, 11) is -2.57. The molecule has 1 atom stereocenters. The van der Waals surface area contributed by atoms with Crippen molar-refractivity contribution in [3.8, 4) is 0 Å². The fourth-order valence-corrected chi connectivity index (χ4v) is 4.93. The van der Waals surface area contributed by atoms with Gasteiger partial charge in [0.1, 0.15) is 6.04 Å². The van der Waals surface area contributed by atoms with Crippen LogP contribution in [-0.4, -0.2) is 44.3 Å². The first-order chi connectivity index (χ1) is 14.6. The van der Waals surface area contributed by atoms with Crippen molar-refractivity contribution in [1.29, 1.82) is 0 Å². The van der Waals surface area contributed by atoms with Gasteiger partial charge < -0.3 is 4.74 Å². The summed E-state index contributed by atoms with van der Waals surface area (Å²) in [6.07, 6.45) is 2.64. The van der Waals surface area contributed by atoms with Gasteiger partial charge in [-0.25, -0.2) is 13.2 Å². The Bertz CT molecular complexity index is 1270. The van der Waals surface area contributed by atoms with E-state index in [-0.39, 0.29) is 12.0 Å². The zero-order valence-corrected chi connectivity index (χ0v) is 19.2. The number of anilines is 1. The minimum atomic E-state index is -3.83. The Morgan fingerprint density at radius 1 is 1.19 bits per heavy atom. The lowest BCUT2D eigenvalue weighted by Gasteiger charge is -2.30. The number of carbonyl (C=O) groups is 2. The number of benzene rings is 2.